The van der Waals surface area contributed by atoms with Crippen molar-refractivity contribution in [1.82, 2.24) is 0 Å². The van der Waals surface area contributed by atoms with Crippen LogP contribution in [-0.4, -0.2) is 5.91 Å². The number of carbonyl (C=O) groups excluding carboxylic acids is 1. The average molecular weight is 293 g/mol. The van der Waals surface area contributed by atoms with Crippen molar-refractivity contribution in [2.75, 3.05) is 5.32 Å². The monoisotopic (exact) mass is 293 g/mol. The summed E-state index contributed by atoms with van der Waals surface area (Å²) >= 11 is 0. The molecule has 0 heterocycles. The van der Waals surface area contributed by atoms with E-state index in [9.17, 15) is 18.0 Å². The second-order valence-corrected chi connectivity index (χ2v) is 4.67. The molecule has 0 saturated heterocycles. The molecule has 5 heteroatoms. The molecule has 0 saturated carbocycles. The summed E-state index contributed by atoms with van der Waals surface area (Å²) in [6, 6.07) is 5.15. The molecule has 0 atom stereocenters. The van der Waals surface area contributed by atoms with E-state index >= 15 is 0 Å². The number of amides is 1. The number of rotatable bonds is 3. The van der Waals surface area contributed by atoms with Gasteiger partial charge in [-0.25, -0.2) is 13.2 Å². The Labute approximate surface area is 120 Å². The maximum atomic E-state index is 13.5. The zero-order chi connectivity index (χ0) is 15.6. The van der Waals surface area contributed by atoms with Crippen LogP contribution in [0.4, 0.5) is 18.9 Å². The standard InChI is InChI=1S/C16H14F3NO/c1-3-10-6-12(18)8-15(9(10)2)20-16(21)13-7-11(17)4-5-14(13)19/h4-8H,3H2,1-2H3,(H,20,21). The normalized spacial score (nSPS) is 10.5. The minimum Gasteiger partial charge on any atom is -0.322 e. The molecule has 2 aromatic carbocycles. The highest BCUT2D eigenvalue weighted by Crippen LogP contribution is 2.23. The van der Waals surface area contributed by atoms with E-state index in [-0.39, 0.29) is 5.69 Å². The predicted octanol–water partition coefficient (Wildman–Crippen LogP) is 4.23. The Balaban J connectivity index is 2.36. The summed E-state index contributed by atoms with van der Waals surface area (Å²) < 4.78 is 40.2. The van der Waals surface area contributed by atoms with Crippen molar-refractivity contribution in [3.63, 3.8) is 0 Å². The first-order valence-electron chi connectivity index (χ1n) is 6.47. The molecule has 1 amide bonds. The second-order valence-electron chi connectivity index (χ2n) is 4.67. The number of aryl methyl sites for hydroxylation is 1. The third kappa shape index (κ3) is 3.24. The number of benzene rings is 2. The molecule has 1 N–H and O–H groups in total. The maximum absolute atomic E-state index is 13.5. The van der Waals surface area contributed by atoms with Gasteiger partial charge in [-0.2, -0.15) is 0 Å². The summed E-state index contributed by atoms with van der Waals surface area (Å²) in [4.78, 5) is 12.0. The molecule has 0 spiro atoms. The summed E-state index contributed by atoms with van der Waals surface area (Å²) in [5.74, 6) is -2.86. The molecule has 0 fully saturated rings. The lowest BCUT2D eigenvalue weighted by Gasteiger charge is -2.12. The lowest BCUT2D eigenvalue weighted by atomic mass is 10.0. The Morgan fingerprint density at radius 3 is 2.48 bits per heavy atom. The Kier molecular flexibility index (Phi) is 4.31. The minimum absolute atomic E-state index is 0.250. The van der Waals surface area contributed by atoms with Crippen molar-refractivity contribution in [1.29, 1.82) is 0 Å². The average Bonchev–Trinajstić information content (AvgIpc) is 2.44. The van der Waals surface area contributed by atoms with E-state index in [1.54, 1.807) is 6.92 Å². The SMILES string of the molecule is CCc1cc(F)cc(NC(=O)c2cc(F)ccc2F)c1C. The topological polar surface area (TPSA) is 29.1 Å². The molecule has 0 bridgehead atoms. The molecule has 0 unspecified atom stereocenters. The highest BCUT2D eigenvalue weighted by Gasteiger charge is 2.15. The van der Waals surface area contributed by atoms with Gasteiger partial charge in [0.1, 0.15) is 17.5 Å². The van der Waals surface area contributed by atoms with Gasteiger partial charge in [0.05, 0.1) is 5.56 Å². The van der Waals surface area contributed by atoms with Crippen LogP contribution in [0.2, 0.25) is 0 Å². The highest BCUT2D eigenvalue weighted by molar-refractivity contribution is 6.04. The fourth-order valence-corrected chi connectivity index (χ4v) is 2.09. The largest absolute Gasteiger partial charge is 0.322 e. The van der Waals surface area contributed by atoms with Gasteiger partial charge in [-0.3, -0.25) is 4.79 Å². The van der Waals surface area contributed by atoms with E-state index in [0.29, 0.717) is 12.0 Å². The Hall–Kier alpha value is -2.30. The first-order chi connectivity index (χ1) is 9.92. The molecular formula is C16H14F3NO. The molecule has 2 aromatic rings. The summed E-state index contributed by atoms with van der Waals surface area (Å²) in [5, 5.41) is 2.42. The van der Waals surface area contributed by atoms with Crippen LogP contribution in [-0.2, 0) is 6.42 Å². The van der Waals surface area contributed by atoms with Crippen molar-refractivity contribution in [3.05, 3.63) is 64.5 Å². The third-order valence-corrected chi connectivity index (χ3v) is 3.28. The predicted molar refractivity (Wildman–Crippen MR) is 74.8 cm³/mol. The van der Waals surface area contributed by atoms with Crippen LogP contribution in [0.15, 0.2) is 30.3 Å². The van der Waals surface area contributed by atoms with Crippen LogP contribution < -0.4 is 5.32 Å². The van der Waals surface area contributed by atoms with Crippen LogP contribution >= 0.6 is 0 Å². The van der Waals surface area contributed by atoms with Crippen molar-refractivity contribution < 1.29 is 18.0 Å². The summed E-state index contributed by atoms with van der Waals surface area (Å²) in [7, 11) is 0. The molecule has 0 aromatic heterocycles. The summed E-state index contributed by atoms with van der Waals surface area (Å²) in [6.07, 6.45) is 0.598. The molecule has 2 nitrogen and oxygen atoms in total. The molecule has 0 radical (unpaired) electrons. The Bertz CT molecular complexity index is 698. The zero-order valence-corrected chi connectivity index (χ0v) is 11.6. The molecule has 2 rings (SSSR count). The Morgan fingerprint density at radius 2 is 1.81 bits per heavy atom. The van der Waals surface area contributed by atoms with Crippen LogP contribution in [0.5, 0.6) is 0 Å². The third-order valence-electron chi connectivity index (χ3n) is 3.28. The quantitative estimate of drug-likeness (QED) is 0.901. The lowest BCUT2D eigenvalue weighted by molar-refractivity contribution is 0.102. The van der Waals surface area contributed by atoms with Crippen molar-refractivity contribution in [2.45, 2.75) is 20.3 Å². The van der Waals surface area contributed by atoms with Gasteiger partial charge < -0.3 is 5.32 Å². The lowest BCUT2D eigenvalue weighted by Crippen LogP contribution is -2.15. The number of hydrogen-bond donors (Lipinski definition) is 1. The molecule has 21 heavy (non-hydrogen) atoms. The van der Waals surface area contributed by atoms with Gasteiger partial charge in [0, 0.05) is 5.69 Å². The van der Waals surface area contributed by atoms with Gasteiger partial charge in [0.2, 0.25) is 0 Å². The molecule has 0 aliphatic heterocycles. The van der Waals surface area contributed by atoms with Crippen molar-refractivity contribution in [2.24, 2.45) is 0 Å². The van der Waals surface area contributed by atoms with Gasteiger partial charge in [-0.05, 0) is 54.8 Å². The zero-order valence-electron chi connectivity index (χ0n) is 11.6. The van der Waals surface area contributed by atoms with E-state index in [4.69, 9.17) is 0 Å². The van der Waals surface area contributed by atoms with Gasteiger partial charge >= 0.3 is 0 Å². The smallest absolute Gasteiger partial charge is 0.258 e. The fourth-order valence-electron chi connectivity index (χ4n) is 2.09. The van der Waals surface area contributed by atoms with E-state index < -0.39 is 28.9 Å². The number of anilines is 1. The summed E-state index contributed by atoms with van der Waals surface area (Å²) in [5.41, 5.74) is 1.27. The van der Waals surface area contributed by atoms with Gasteiger partial charge in [-0.15, -0.1) is 0 Å². The van der Waals surface area contributed by atoms with Crippen molar-refractivity contribution in [3.8, 4) is 0 Å². The number of carbonyl (C=O) groups is 1. The number of nitrogens with one attached hydrogen (secondary N) is 1. The fraction of sp³-hybridized carbons (Fsp3) is 0.188. The van der Waals surface area contributed by atoms with E-state index in [0.717, 1.165) is 29.8 Å². The van der Waals surface area contributed by atoms with Crippen LogP contribution in [0.25, 0.3) is 0 Å². The van der Waals surface area contributed by atoms with Crippen molar-refractivity contribution >= 4 is 11.6 Å². The van der Waals surface area contributed by atoms with Crippen LogP contribution in [0, 0.1) is 24.4 Å². The van der Waals surface area contributed by atoms with E-state index in [1.807, 2.05) is 6.92 Å². The number of halogens is 3. The Morgan fingerprint density at radius 1 is 1.10 bits per heavy atom. The van der Waals surface area contributed by atoms with Crippen LogP contribution in [0.1, 0.15) is 28.4 Å². The van der Waals surface area contributed by atoms with E-state index in [2.05, 4.69) is 5.32 Å². The highest BCUT2D eigenvalue weighted by atomic mass is 19.1. The van der Waals surface area contributed by atoms with Gasteiger partial charge in [0.15, 0.2) is 0 Å². The minimum atomic E-state index is -0.835. The maximum Gasteiger partial charge on any atom is 0.258 e. The van der Waals surface area contributed by atoms with E-state index in [1.165, 1.54) is 6.07 Å². The first-order valence-corrected chi connectivity index (χ1v) is 6.47. The number of hydrogen-bond acceptors (Lipinski definition) is 1. The molecule has 0 aliphatic rings. The molecular weight excluding hydrogens is 279 g/mol. The second kappa shape index (κ2) is 5.99. The van der Waals surface area contributed by atoms with Gasteiger partial charge in [-0.1, -0.05) is 6.92 Å². The van der Waals surface area contributed by atoms with Gasteiger partial charge in [0.25, 0.3) is 5.91 Å². The van der Waals surface area contributed by atoms with Crippen LogP contribution in [0.3, 0.4) is 0 Å². The molecule has 110 valence electrons. The first kappa shape index (κ1) is 15.1. The summed E-state index contributed by atoms with van der Waals surface area (Å²) in [6.45, 7) is 3.59. The molecule has 0 aliphatic carbocycles.